The van der Waals surface area contributed by atoms with E-state index in [-0.39, 0.29) is 12.1 Å². The van der Waals surface area contributed by atoms with Gasteiger partial charge in [-0.3, -0.25) is 9.88 Å². The highest BCUT2D eigenvalue weighted by atomic mass is 15.1. The molecule has 3 heteroatoms. The smallest absolute Gasteiger partial charge is 0.0509 e. The van der Waals surface area contributed by atoms with Gasteiger partial charge in [-0.25, -0.2) is 0 Å². The fourth-order valence-corrected chi connectivity index (χ4v) is 2.60. The third kappa shape index (κ3) is 3.89. The van der Waals surface area contributed by atoms with Crippen LogP contribution in [-0.4, -0.2) is 29.5 Å². The van der Waals surface area contributed by atoms with Crippen molar-refractivity contribution >= 4 is 0 Å². The molecule has 0 radical (unpaired) electrons. The van der Waals surface area contributed by atoms with E-state index in [1.807, 2.05) is 18.3 Å². The fourth-order valence-electron chi connectivity index (χ4n) is 2.60. The summed E-state index contributed by atoms with van der Waals surface area (Å²) in [5.41, 5.74) is 8.70. The molecule has 0 saturated heterocycles. The summed E-state index contributed by atoms with van der Waals surface area (Å²) in [6.45, 7) is 3.03. The largest absolute Gasteiger partial charge is 0.326 e. The van der Waals surface area contributed by atoms with E-state index in [1.54, 1.807) is 6.20 Å². The van der Waals surface area contributed by atoms with Crippen molar-refractivity contribution in [3.05, 3.63) is 66.0 Å². The van der Waals surface area contributed by atoms with Gasteiger partial charge < -0.3 is 5.73 Å². The van der Waals surface area contributed by atoms with Crippen molar-refractivity contribution < 1.29 is 0 Å². The van der Waals surface area contributed by atoms with E-state index in [0.29, 0.717) is 0 Å². The van der Waals surface area contributed by atoms with Gasteiger partial charge in [0.1, 0.15) is 0 Å². The van der Waals surface area contributed by atoms with Gasteiger partial charge in [-0.15, -0.1) is 0 Å². The van der Waals surface area contributed by atoms with E-state index in [1.165, 1.54) is 11.1 Å². The summed E-state index contributed by atoms with van der Waals surface area (Å²) >= 11 is 0. The maximum atomic E-state index is 6.17. The van der Waals surface area contributed by atoms with E-state index in [2.05, 4.69) is 54.2 Å². The molecule has 0 bridgehead atoms. The quantitative estimate of drug-likeness (QED) is 0.876. The number of benzene rings is 1. The maximum absolute atomic E-state index is 6.17. The van der Waals surface area contributed by atoms with Crippen LogP contribution in [-0.2, 0) is 6.42 Å². The standard InChI is InChI=1S/C17H23N3/c1-14(18)17(16-9-6-11-19-13-16)20(2)12-10-15-7-4-3-5-8-15/h3-9,11,13-14,17H,10,12,18H2,1-2H3. The summed E-state index contributed by atoms with van der Waals surface area (Å²) in [6.07, 6.45) is 4.74. The molecule has 0 aliphatic rings. The van der Waals surface area contributed by atoms with Crippen molar-refractivity contribution in [2.24, 2.45) is 5.73 Å². The highest BCUT2D eigenvalue weighted by molar-refractivity contribution is 5.17. The van der Waals surface area contributed by atoms with Crippen LogP contribution in [0.2, 0.25) is 0 Å². The minimum Gasteiger partial charge on any atom is -0.326 e. The zero-order valence-electron chi connectivity index (χ0n) is 12.2. The maximum Gasteiger partial charge on any atom is 0.0509 e. The normalized spacial score (nSPS) is 14.2. The highest BCUT2D eigenvalue weighted by Gasteiger charge is 2.20. The lowest BCUT2D eigenvalue weighted by atomic mass is 10.0. The first-order chi connectivity index (χ1) is 9.68. The van der Waals surface area contributed by atoms with Gasteiger partial charge in [0, 0.05) is 25.0 Å². The first-order valence-electron chi connectivity index (χ1n) is 7.08. The summed E-state index contributed by atoms with van der Waals surface area (Å²) in [5, 5.41) is 0. The predicted molar refractivity (Wildman–Crippen MR) is 83.4 cm³/mol. The van der Waals surface area contributed by atoms with Crippen LogP contribution in [0.4, 0.5) is 0 Å². The Balaban J connectivity index is 2.03. The van der Waals surface area contributed by atoms with Crippen LogP contribution in [0.1, 0.15) is 24.1 Å². The Morgan fingerprint density at radius 3 is 2.50 bits per heavy atom. The van der Waals surface area contributed by atoms with Crippen LogP contribution in [0.15, 0.2) is 54.9 Å². The van der Waals surface area contributed by atoms with Gasteiger partial charge in [-0.1, -0.05) is 36.4 Å². The molecule has 1 heterocycles. The van der Waals surface area contributed by atoms with Gasteiger partial charge in [0.15, 0.2) is 0 Å². The molecule has 0 amide bonds. The zero-order chi connectivity index (χ0) is 14.4. The van der Waals surface area contributed by atoms with E-state index in [0.717, 1.165) is 13.0 Å². The van der Waals surface area contributed by atoms with Gasteiger partial charge in [-0.2, -0.15) is 0 Å². The molecule has 2 atom stereocenters. The third-order valence-corrected chi connectivity index (χ3v) is 3.59. The van der Waals surface area contributed by atoms with Crippen LogP contribution >= 0.6 is 0 Å². The molecule has 2 N–H and O–H groups in total. The average molecular weight is 269 g/mol. The molecule has 106 valence electrons. The summed E-state index contributed by atoms with van der Waals surface area (Å²) in [7, 11) is 2.13. The average Bonchev–Trinajstić information content (AvgIpc) is 2.47. The monoisotopic (exact) mass is 269 g/mol. The number of pyridine rings is 1. The number of nitrogens with zero attached hydrogens (tertiary/aromatic N) is 2. The molecule has 20 heavy (non-hydrogen) atoms. The molecule has 0 saturated carbocycles. The van der Waals surface area contributed by atoms with E-state index >= 15 is 0 Å². The van der Waals surface area contributed by atoms with Gasteiger partial charge in [-0.05, 0) is 37.6 Å². The summed E-state index contributed by atoms with van der Waals surface area (Å²) in [4.78, 5) is 6.52. The van der Waals surface area contributed by atoms with E-state index < -0.39 is 0 Å². The Bertz CT molecular complexity index is 496. The second kappa shape index (κ2) is 7.17. The van der Waals surface area contributed by atoms with Crippen LogP contribution in [0.5, 0.6) is 0 Å². The molecule has 2 aromatic rings. The minimum absolute atomic E-state index is 0.0694. The predicted octanol–water partition coefficient (Wildman–Crippen LogP) is 2.64. The lowest BCUT2D eigenvalue weighted by Crippen LogP contribution is -2.38. The Morgan fingerprint density at radius 1 is 1.15 bits per heavy atom. The lowest BCUT2D eigenvalue weighted by molar-refractivity contribution is 0.221. The molecule has 0 spiro atoms. The molecule has 0 fully saturated rings. The van der Waals surface area contributed by atoms with Crippen molar-refractivity contribution in [3.8, 4) is 0 Å². The minimum atomic E-state index is 0.0694. The van der Waals surface area contributed by atoms with Gasteiger partial charge in [0.2, 0.25) is 0 Å². The van der Waals surface area contributed by atoms with Crippen LogP contribution in [0.3, 0.4) is 0 Å². The second-order valence-corrected chi connectivity index (χ2v) is 5.31. The Labute approximate surface area is 121 Å². The highest BCUT2D eigenvalue weighted by Crippen LogP contribution is 2.21. The van der Waals surface area contributed by atoms with Crippen LogP contribution < -0.4 is 5.73 Å². The molecule has 1 aromatic heterocycles. The molecule has 0 aliphatic heterocycles. The number of hydrogen-bond acceptors (Lipinski definition) is 3. The van der Waals surface area contributed by atoms with E-state index in [9.17, 15) is 0 Å². The SMILES string of the molecule is CC(N)C(c1cccnc1)N(C)CCc1ccccc1. The third-order valence-electron chi connectivity index (χ3n) is 3.59. The number of aromatic nitrogens is 1. The first-order valence-corrected chi connectivity index (χ1v) is 7.08. The topological polar surface area (TPSA) is 42.1 Å². The molecule has 2 unspecified atom stereocenters. The van der Waals surface area contributed by atoms with Crippen molar-refractivity contribution in [1.29, 1.82) is 0 Å². The summed E-state index contributed by atoms with van der Waals surface area (Å²) in [6, 6.07) is 14.9. The van der Waals surface area contributed by atoms with Crippen LogP contribution in [0, 0.1) is 0 Å². The molecular weight excluding hydrogens is 246 g/mol. The number of nitrogens with two attached hydrogens (primary N) is 1. The molecule has 2 rings (SSSR count). The number of hydrogen-bond donors (Lipinski definition) is 1. The van der Waals surface area contributed by atoms with Crippen molar-refractivity contribution in [3.63, 3.8) is 0 Å². The van der Waals surface area contributed by atoms with Gasteiger partial charge >= 0.3 is 0 Å². The van der Waals surface area contributed by atoms with Gasteiger partial charge in [0.05, 0.1) is 6.04 Å². The summed E-state index contributed by atoms with van der Waals surface area (Å²) < 4.78 is 0. The lowest BCUT2D eigenvalue weighted by Gasteiger charge is -2.31. The Morgan fingerprint density at radius 2 is 1.90 bits per heavy atom. The Kier molecular flexibility index (Phi) is 5.27. The first kappa shape index (κ1) is 14.7. The fraction of sp³-hybridized carbons (Fsp3) is 0.353. The summed E-state index contributed by atoms with van der Waals surface area (Å²) in [5.74, 6) is 0. The second-order valence-electron chi connectivity index (χ2n) is 5.31. The van der Waals surface area contributed by atoms with E-state index in [4.69, 9.17) is 5.73 Å². The van der Waals surface area contributed by atoms with Crippen LogP contribution in [0.25, 0.3) is 0 Å². The number of likely N-dealkylation sites (N-methyl/N-ethyl adjacent to an activating group) is 1. The van der Waals surface area contributed by atoms with Crippen molar-refractivity contribution in [2.75, 3.05) is 13.6 Å². The molecular formula is C17H23N3. The molecule has 3 nitrogen and oxygen atoms in total. The van der Waals surface area contributed by atoms with Crippen molar-refractivity contribution in [1.82, 2.24) is 9.88 Å². The number of rotatable bonds is 6. The van der Waals surface area contributed by atoms with Gasteiger partial charge in [0.25, 0.3) is 0 Å². The zero-order valence-corrected chi connectivity index (χ0v) is 12.2. The molecule has 0 aliphatic carbocycles. The van der Waals surface area contributed by atoms with Crippen molar-refractivity contribution in [2.45, 2.75) is 25.4 Å². The molecule has 1 aromatic carbocycles. The Hall–Kier alpha value is -1.71.